The lowest BCUT2D eigenvalue weighted by molar-refractivity contribution is 0.0497. The fourth-order valence-corrected chi connectivity index (χ4v) is 4.81. The smallest absolute Gasteiger partial charge is 0.126 e. The average Bonchev–Trinajstić information content (AvgIpc) is 3.30. The summed E-state index contributed by atoms with van der Waals surface area (Å²) < 4.78 is 23.3. The van der Waals surface area contributed by atoms with Crippen LogP contribution >= 0.6 is 0 Å². The minimum atomic E-state index is 0.525. The molecular weight excluding hydrogens is 412 g/mol. The third-order valence-corrected chi connectivity index (χ3v) is 6.62. The molecule has 0 spiro atoms. The van der Waals surface area contributed by atoms with Gasteiger partial charge >= 0.3 is 0 Å². The van der Waals surface area contributed by atoms with Gasteiger partial charge in [-0.2, -0.15) is 0 Å². The summed E-state index contributed by atoms with van der Waals surface area (Å²) in [4.78, 5) is 0. The molecule has 1 fully saturated rings. The molecule has 0 aromatic heterocycles. The van der Waals surface area contributed by atoms with Gasteiger partial charge in [0.1, 0.15) is 23.9 Å². The van der Waals surface area contributed by atoms with Gasteiger partial charge in [0.25, 0.3) is 0 Å². The van der Waals surface area contributed by atoms with Gasteiger partial charge in [-0.3, -0.25) is 0 Å². The molecule has 2 aliphatic heterocycles. The van der Waals surface area contributed by atoms with Gasteiger partial charge in [0.05, 0.1) is 13.2 Å². The minimum absolute atomic E-state index is 0.525. The van der Waals surface area contributed by atoms with Gasteiger partial charge in [-0.05, 0) is 90.3 Å². The molecule has 0 amide bonds. The predicted octanol–water partition coefficient (Wildman–Crippen LogP) is 6.29. The summed E-state index contributed by atoms with van der Waals surface area (Å²) in [5.41, 5.74) is 7.33. The standard InChI is InChI=1S/C29H32O4/c1-20-14-27(33-18-22-8-11-30-12-9-22)15-21(2)29(20)25-5-3-4-23(16-25)19-32-26-7-6-24-10-13-31-28(24)17-26/h3-7,14-17,22H,8-13,18-19H2,1-2H3. The summed E-state index contributed by atoms with van der Waals surface area (Å²) in [6.07, 6.45) is 3.16. The van der Waals surface area contributed by atoms with Crippen LogP contribution in [0.25, 0.3) is 11.1 Å². The van der Waals surface area contributed by atoms with Crippen LogP contribution in [-0.2, 0) is 17.8 Å². The third-order valence-electron chi connectivity index (χ3n) is 6.62. The molecule has 5 rings (SSSR count). The van der Waals surface area contributed by atoms with Crippen LogP contribution in [0.4, 0.5) is 0 Å². The Bertz CT molecular complexity index is 1090. The molecule has 0 aliphatic carbocycles. The van der Waals surface area contributed by atoms with Crippen LogP contribution in [-0.4, -0.2) is 26.4 Å². The first-order valence-electron chi connectivity index (χ1n) is 12.0. The van der Waals surface area contributed by atoms with Crippen molar-refractivity contribution >= 4 is 0 Å². The molecule has 4 heteroatoms. The van der Waals surface area contributed by atoms with E-state index in [1.165, 1.54) is 27.8 Å². The van der Waals surface area contributed by atoms with Crippen LogP contribution in [0.1, 0.15) is 35.1 Å². The molecule has 0 atom stereocenters. The molecule has 2 heterocycles. The Balaban J connectivity index is 1.27. The molecule has 0 saturated carbocycles. The second kappa shape index (κ2) is 9.88. The van der Waals surface area contributed by atoms with Gasteiger partial charge in [-0.15, -0.1) is 0 Å². The molecule has 0 bridgehead atoms. The van der Waals surface area contributed by atoms with Crippen LogP contribution in [0.2, 0.25) is 0 Å². The van der Waals surface area contributed by atoms with Crippen molar-refractivity contribution < 1.29 is 18.9 Å². The van der Waals surface area contributed by atoms with Crippen LogP contribution in [0.5, 0.6) is 17.2 Å². The van der Waals surface area contributed by atoms with Crippen molar-refractivity contribution in [2.45, 2.75) is 39.7 Å². The average molecular weight is 445 g/mol. The van der Waals surface area contributed by atoms with Crippen LogP contribution in [0.15, 0.2) is 54.6 Å². The third kappa shape index (κ3) is 5.17. The lowest BCUT2D eigenvalue weighted by Gasteiger charge is -2.22. The van der Waals surface area contributed by atoms with Gasteiger partial charge < -0.3 is 18.9 Å². The number of rotatable bonds is 7. The molecule has 2 aliphatic rings. The number of hydrogen-bond donors (Lipinski definition) is 0. The van der Waals surface area contributed by atoms with Gasteiger partial charge in [0.15, 0.2) is 0 Å². The minimum Gasteiger partial charge on any atom is -0.493 e. The number of ether oxygens (including phenoxy) is 4. The molecule has 0 N–H and O–H groups in total. The maximum Gasteiger partial charge on any atom is 0.126 e. The van der Waals surface area contributed by atoms with E-state index < -0.39 is 0 Å². The summed E-state index contributed by atoms with van der Waals surface area (Å²) in [5.74, 6) is 3.34. The summed E-state index contributed by atoms with van der Waals surface area (Å²) in [7, 11) is 0. The zero-order valence-electron chi connectivity index (χ0n) is 19.6. The second-order valence-electron chi connectivity index (χ2n) is 9.16. The fourth-order valence-electron chi connectivity index (χ4n) is 4.81. The maximum atomic E-state index is 6.16. The molecule has 172 valence electrons. The summed E-state index contributed by atoms with van der Waals surface area (Å²) in [6.45, 7) is 8.09. The van der Waals surface area contributed by atoms with E-state index in [9.17, 15) is 0 Å². The van der Waals surface area contributed by atoms with E-state index in [1.807, 2.05) is 12.1 Å². The van der Waals surface area contributed by atoms with Crippen LogP contribution < -0.4 is 14.2 Å². The summed E-state index contributed by atoms with van der Waals surface area (Å²) in [6, 6.07) is 19.1. The summed E-state index contributed by atoms with van der Waals surface area (Å²) in [5, 5.41) is 0. The first-order chi connectivity index (χ1) is 16.2. The molecule has 4 nitrogen and oxygen atoms in total. The monoisotopic (exact) mass is 444 g/mol. The topological polar surface area (TPSA) is 36.9 Å². The molecule has 0 unspecified atom stereocenters. The van der Waals surface area contributed by atoms with E-state index in [0.717, 1.165) is 68.5 Å². The van der Waals surface area contributed by atoms with Crippen LogP contribution in [0.3, 0.4) is 0 Å². The number of benzene rings is 3. The highest BCUT2D eigenvalue weighted by Crippen LogP contribution is 2.33. The maximum absolute atomic E-state index is 6.16. The normalized spacial score (nSPS) is 15.7. The largest absolute Gasteiger partial charge is 0.493 e. The lowest BCUT2D eigenvalue weighted by atomic mass is 9.94. The number of hydrogen-bond acceptors (Lipinski definition) is 4. The zero-order chi connectivity index (χ0) is 22.6. The Morgan fingerprint density at radius 2 is 1.67 bits per heavy atom. The van der Waals surface area contributed by atoms with E-state index in [0.29, 0.717) is 12.5 Å². The van der Waals surface area contributed by atoms with E-state index in [2.05, 4.69) is 56.3 Å². The number of aryl methyl sites for hydroxylation is 2. The van der Waals surface area contributed by atoms with E-state index in [1.54, 1.807) is 0 Å². The van der Waals surface area contributed by atoms with E-state index in [-0.39, 0.29) is 0 Å². The molecule has 0 radical (unpaired) electrons. The Hall–Kier alpha value is -2.98. The van der Waals surface area contributed by atoms with Gasteiger partial charge in [-0.1, -0.05) is 24.3 Å². The quantitative estimate of drug-likeness (QED) is 0.429. The Kier molecular flexibility index (Phi) is 6.54. The Labute approximate surface area is 196 Å². The molecule has 3 aromatic carbocycles. The van der Waals surface area contributed by atoms with Gasteiger partial charge in [0.2, 0.25) is 0 Å². The van der Waals surface area contributed by atoms with Crippen molar-refractivity contribution in [1.29, 1.82) is 0 Å². The lowest BCUT2D eigenvalue weighted by Crippen LogP contribution is -2.21. The van der Waals surface area contributed by atoms with Crippen molar-refractivity contribution in [2.24, 2.45) is 5.92 Å². The number of fused-ring (bicyclic) bond motifs is 1. The highest BCUT2D eigenvalue weighted by atomic mass is 16.5. The van der Waals surface area contributed by atoms with E-state index >= 15 is 0 Å². The Morgan fingerprint density at radius 1 is 0.848 bits per heavy atom. The van der Waals surface area contributed by atoms with Crippen molar-refractivity contribution in [2.75, 3.05) is 26.4 Å². The van der Waals surface area contributed by atoms with Crippen LogP contribution in [0, 0.1) is 19.8 Å². The Morgan fingerprint density at radius 3 is 2.48 bits per heavy atom. The first kappa shape index (κ1) is 21.8. The molecule has 1 saturated heterocycles. The first-order valence-corrected chi connectivity index (χ1v) is 12.0. The SMILES string of the molecule is Cc1cc(OCC2CCOCC2)cc(C)c1-c1cccc(COc2ccc3c(c2)OCC3)c1. The van der Waals surface area contributed by atoms with E-state index in [4.69, 9.17) is 18.9 Å². The second-order valence-corrected chi connectivity index (χ2v) is 9.16. The van der Waals surface area contributed by atoms with Crippen molar-refractivity contribution in [3.63, 3.8) is 0 Å². The van der Waals surface area contributed by atoms with Crippen molar-refractivity contribution in [1.82, 2.24) is 0 Å². The highest BCUT2D eigenvalue weighted by molar-refractivity contribution is 5.72. The van der Waals surface area contributed by atoms with Gasteiger partial charge in [0, 0.05) is 25.7 Å². The van der Waals surface area contributed by atoms with Crippen molar-refractivity contribution in [3.8, 4) is 28.4 Å². The molecule has 33 heavy (non-hydrogen) atoms. The summed E-state index contributed by atoms with van der Waals surface area (Å²) >= 11 is 0. The molecular formula is C29H32O4. The highest BCUT2D eigenvalue weighted by Gasteiger charge is 2.16. The molecule has 3 aromatic rings. The predicted molar refractivity (Wildman–Crippen MR) is 130 cm³/mol. The van der Waals surface area contributed by atoms with Gasteiger partial charge in [-0.25, -0.2) is 0 Å². The van der Waals surface area contributed by atoms with Crippen molar-refractivity contribution in [3.05, 3.63) is 76.9 Å². The zero-order valence-corrected chi connectivity index (χ0v) is 19.6. The fraction of sp³-hybridized carbons (Fsp3) is 0.379.